The van der Waals surface area contributed by atoms with E-state index >= 15 is 0 Å². The Labute approximate surface area is 161 Å². The number of thiophene rings is 1. The van der Waals surface area contributed by atoms with Crippen LogP contribution in [0.2, 0.25) is 0 Å². The first kappa shape index (κ1) is 19.1. The molecule has 3 rings (SSSR count). The number of carbonyl (C=O) groups is 1. The van der Waals surface area contributed by atoms with Gasteiger partial charge in [0.05, 0.1) is 0 Å². The van der Waals surface area contributed by atoms with Crippen LogP contribution >= 0.6 is 11.3 Å². The first-order valence-electron chi connectivity index (χ1n) is 9.87. The lowest BCUT2D eigenvalue weighted by Crippen LogP contribution is -2.47. The lowest BCUT2D eigenvalue weighted by Gasteiger charge is -2.33. The van der Waals surface area contributed by atoms with Crippen molar-refractivity contribution in [2.75, 3.05) is 19.6 Å². The minimum absolute atomic E-state index is 0.220. The molecule has 1 N–H and O–H groups in total. The number of likely N-dealkylation sites (tertiary alicyclic amines) is 1. The molecule has 0 saturated carbocycles. The van der Waals surface area contributed by atoms with Crippen LogP contribution < -0.4 is 5.32 Å². The normalized spacial score (nSPS) is 17.9. The first-order valence-corrected chi connectivity index (χ1v) is 10.8. The molecule has 2 heterocycles. The van der Waals surface area contributed by atoms with Crippen molar-refractivity contribution in [3.8, 4) is 0 Å². The number of carbonyl (C=O) groups excluding carboxylic acids is 1. The molecule has 0 bridgehead atoms. The Morgan fingerprint density at radius 2 is 2.00 bits per heavy atom. The second-order valence-electron chi connectivity index (χ2n) is 7.23. The molecule has 1 aromatic carbocycles. The molecule has 1 aliphatic rings. The third-order valence-corrected chi connectivity index (χ3v) is 6.00. The number of benzene rings is 1. The van der Waals surface area contributed by atoms with E-state index < -0.39 is 0 Å². The quantitative estimate of drug-likeness (QED) is 0.714. The molecule has 1 saturated heterocycles. The van der Waals surface area contributed by atoms with Crippen molar-refractivity contribution >= 4 is 17.2 Å². The summed E-state index contributed by atoms with van der Waals surface area (Å²) in [5.41, 5.74) is 1.42. The lowest BCUT2D eigenvalue weighted by atomic mass is 10.0. The van der Waals surface area contributed by atoms with Crippen LogP contribution in [0.4, 0.5) is 0 Å². The fraction of sp³-hybridized carbons (Fsp3) is 0.500. The van der Waals surface area contributed by atoms with E-state index in [-0.39, 0.29) is 5.91 Å². The molecular formula is C22H30N2OS. The predicted molar refractivity (Wildman–Crippen MR) is 110 cm³/mol. The molecular weight excluding hydrogens is 340 g/mol. The van der Waals surface area contributed by atoms with E-state index in [4.69, 9.17) is 0 Å². The van der Waals surface area contributed by atoms with Gasteiger partial charge in [0.2, 0.25) is 5.91 Å². The fourth-order valence-corrected chi connectivity index (χ4v) is 4.46. The minimum atomic E-state index is 0.220. The summed E-state index contributed by atoms with van der Waals surface area (Å²) in [6.07, 6.45) is 7.23. The van der Waals surface area contributed by atoms with E-state index in [1.165, 1.54) is 29.8 Å². The number of nitrogens with zero attached hydrogens (tertiary/aromatic N) is 1. The molecule has 1 amide bonds. The van der Waals surface area contributed by atoms with Crippen molar-refractivity contribution in [1.82, 2.24) is 10.2 Å². The highest BCUT2D eigenvalue weighted by Crippen LogP contribution is 2.14. The highest BCUT2D eigenvalue weighted by molar-refractivity contribution is 7.09. The number of piperidine rings is 1. The van der Waals surface area contributed by atoms with Crippen molar-refractivity contribution in [2.45, 2.75) is 51.0 Å². The molecule has 0 radical (unpaired) electrons. The average Bonchev–Trinajstić information content (AvgIpc) is 3.16. The average molecular weight is 371 g/mol. The summed E-state index contributed by atoms with van der Waals surface area (Å²) >= 11 is 1.78. The molecule has 3 nitrogen and oxygen atoms in total. The highest BCUT2D eigenvalue weighted by Gasteiger charge is 2.20. The van der Waals surface area contributed by atoms with Gasteiger partial charge in [0.15, 0.2) is 0 Å². The number of rotatable bonds is 9. The van der Waals surface area contributed by atoms with Gasteiger partial charge < -0.3 is 10.2 Å². The largest absolute Gasteiger partial charge is 0.352 e. The maximum absolute atomic E-state index is 12.2. The highest BCUT2D eigenvalue weighted by atomic mass is 32.1. The number of amides is 1. The number of aryl methyl sites for hydroxylation is 2. The van der Waals surface area contributed by atoms with Crippen LogP contribution in [-0.4, -0.2) is 36.5 Å². The summed E-state index contributed by atoms with van der Waals surface area (Å²) in [6.45, 7) is 3.30. The monoisotopic (exact) mass is 370 g/mol. The minimum Gasteiger partial charge on any atom is -0.352 e. The third kappa shape index (κ3) is 6.58. The smallest absolute Gasteiger partial charge is 0.220 e. The van der Waals surface area contributed by atoms with Gasteiger partial charge in [-0.2, -0.15) is 0 Å². The van der Waals surface area contributed by atoms with Gasteiger partial charge in [0.1, 0.15) is 0 Å². The van der Waals surface area contributed by atoms with Gasteiger partial charge in [-0.05, 0) is 68.6 Å². The van der Waals surface area contributed by atoms with Gasteiger partial charge in [-0.3, -0.25) is 4.79 Å². The second kappa shape index (κ2) is 10.5. The summed E-state index contributed by atoms with van der Waals surface area (Å²) < 4.78 is 0. The van der Waals surface area contributed by atoms with Crippen LogP contribution in [0, 0.1) is 0 Å². The van der Waals surface area contributed by atoms with Crippen LogP contribution in [0.25, 0.3) is 0 Å². The van der Waals surface area contributed by atoms with Crippen LogP contribution in [-0.2, 0) is 17.6 Å². The molecule has 0 unspecified atom stereocenters. The summed E-state index contributed by atoms with van der Waals surface area (Å²) in [5, 5.41) is 5.36. The summed E-state index contributed by atoms with van der Waals surface area (Å²) in [5.74, 6) is 0.220. The fourth-order valence-electron chi connectivity index (χ4n) is 3.71. The number of nitrogens with one attached hydrogen (secondary N) is 1. The van der Waals surface area contributed by atoms with Crippen molar-refractivity contribution in [3.05, 3.63) is 58.3 Å². The van der Waals surface area contributed by atoms with Crippen LogP contribution in [0.5, 0.6) is 0 Å². The number of hydrogen-bond donors (Lipinski definition) is 1. The molecule has 1 aromatic heterocycles. The first-order chi connectivity index (χ1) is 12.8. The molecule has 0 aliphatic carbocycles. The van der Waals surface area contributed by atoms with Gasteiger partial charge in [0, 0.05) is 23.9 Å². The van der Waals surface area contributed by atoms with Crippen molar-refractivity contribution in [3.63, 3.8) is 0 Å². The number of hydrogen-bond acceptors (Lipinski definition) is 3. The molecule has 0 spiro atoms. The molecule has 1 atom stereocenters. The van der Waals surface area contributed by atoms with Crippen LogP contribution in [0.3, 0.4) is 0 Å². The van der Waals surface area contributed by atoms with Gasteiger partial charge in [-0.25, -0.2) is 0 Å². The Morgan fingerprint density at radius 1 is 1.12 bits per heavy atom. The Morgan fingerprint density at radius 3 is 2.81 bits per heavy atom. The zero-order valence-electron chi connectivity index (χ0n) is 15.5. The molecule has 1 aliphatic heterocycles. The second-order valence-corrected chi connectivity index (χ2v) is 8.26. The topological polar surface area (TPSA) is 32.3 Å². The maximum Gasteiger partial charge on any atom is 0.220 e. The molecule has 1 fully saturated rings. The maximum atomic E-state index is 12.2. The van der Waals surface area contributed by atoms with Gasteiger partial charge in [0.25, 0.3) is 0 Å². The SMILES string of the molecule is O=C(CCCc1cccs1)N[C@@H]1CCCN(CCCc2ccccc2)C1. The van der Waals surface area contributed by atoms with Crippen LogP contribution in [0.1, 0.15) is 42.5 Å². The lowest BCUT2D eigenvalue weighted by molar-refractivity contribution is -0.122. The van der Waals surface area contributed by atoms with E-state index in [0.717, 1.165) is 38.8 Å². The molecule has 140 valence electrons. The third-order valence-electron chi connectivity index (χ3n) is 5.06. The van der Waals surface area contributed by atoms with Gasteiger partial charge >= 0.3 is 0 Å². The standard InChI is InChI=1S/C22H30N2OS/c25-22(14-4-12-21-13-7-17-26-21)23-20-11-6-16-24(18-20)15-5-10-19-8-2-1-3-9-19/h1-3,7-9,13,17,20H,4-6,10-12,14-16,18H2,(H,23,25)/t20-/m1/s1. The van der Waals surface area contributed by atoms with E-state index in [9.17, 15) is 4.79 Å². The van der Waals surface area contributed by atoms with Crippen molar-refractivity contribution in [2.24, 2.45) is 0 Å². The zero-order valence-corrected chi connectivity index (χ0v) is 16.3. The Kier molecular flexibility index (Phi) is 7.71. The molecule has 2 aromatic rings. The van der Waals surface area contributed by atoms with Gasteiger partial charge in [-0.15, -0.1) is 11.3 Å². The Bertz CT molecular complexity index is 641. The summed E-state index contributed by atoms with van der Waals surface area (Å²) in [6, 6.07) is 15.3. The summed E-state index contributed by atoms with van der Waals surface area (Å²) in [7, 11) is 0. The van der Waals surface area contributed by atoms with Crippen LogP contribution in [0.15, 0.2) is 47.8 Å². The van der Waals surface area contributed by atoms with Crippen molar-refractivity contribution in [1.29, 1.82) is 0 Å². The van der Waals surface area contributed by atoms with E-state index in [1.807, 2.05) is 0 Å². The van der Waals surface area contributed by atoms with Gasteiger partial charge in [-0.1, -0.05) is 36.4 Å². The van der Waals surface area contributed by atoms with Crippen molar-refractivity contribution < 1.29 is 4.79 Å². The zero-order chi connectivity index (χ0) is 18.0. The van der Waals surface area contributed by atoms with E-state index in [2.05, 4.69) is 58.1 Å². The Hall–Kier alpha value is -1.65. The predicted octanol–water partition coefficient (Wildman–Crippen LogP) is 4.28. The molecule has 26 heavy (non-hydrogen) atoms. The van der Waals surface area contributed by atoms with E-state index in [1.54, 1.807) is 11.3 Å². The van der Waals surface area contributed by atoms with E-state index in [0.29, 0.717) is 12.5 Å². The summed E-state index contributed by atoms with van der Waals surface area (Å²) in [4.78, 5) is 16.1. The Balaban J connectivity index is 1.31. The molecule has 4 heteroatoms.